The SMILES string of the molecule is Cc1ccc(S(=O)(=O)N2CC2c2ccccc2Sc2ccccc2)cc1. The number of hydrogen-bond donors (Lipinski definition) is 0. The highest BCUT2D eigenvalue weighted by Gasteiger charge is 2.46. The normalized spacial score (nSPS) is 19.3. The number of rotatable bonds is 5. The van der Waals surface area contributed by atoms with Crippen LogP contribution in [-0.2, 0) is 10.0 Å². The first-order valence-electron chi connectivity index (χ1n) is 8.46. The van der Waals surface area contributed by atoms with Crippen LogP contribution in [0.25, 0.3) is 0 Å². The summed E-state index contributed by atoms with van der Waals surface area (Å²) >= 11 is 1.67. The molecule has 1 fully saturated rings. The second-order valence-corrected chi connectivity index (χ2v) is 9.36. The second kappa shape index (κ2) is 6.91. The number of sulfonamides is 1. The van der Waals surface area contributed by atoms with E-state index in [1.807, 2.05) is 55.5 Å². The van der Waals surface area contributed by atoms with Gasteiger partial charge < -0.3 is 0 Å². The van der Waals surface area contributed by atoms with Crippen LogP contribution in [0.5, 0.6) is 0 Å². The van der Waals surface area contributed by atoms with Gasteiger partial charge in [0, 0.05) is 16.3 Å². The Morgan fingerprint density at radius 2 is 1.54 bits per heavy atom. The number of benzene rings is 3. The molecule has 1 aliphatic heterocycles. The molecule has 2 atom stereocenters. The highest BCUT2D eigenvalue weighted by Crippen LogP contribution is 2.44. The van der Waals surface area contributed by atoms with E-state index in [9.17, 15) is 8.42 Å². The lowest BCUT2D eigenvalue weighted by Crippen LogP contribution is -2.12. The van der Waals surface area contributed by atoms with Crippen molar-refractivity contribution >= 4 is 21.8 Å². The third kappa shape index (κ3) is 3.43. The first kappa shape index (κ1) is 17.3. The Labute approximate surface area is 158 Å². The van der Waals surface area contributed by atoms with Crippen molar-refractivity contribution in [3.8, 4) is 0 Å². The van der Waals surface area contributed by atoms with Gasteiger partial charge >= 0.3 is 0 Å². The summed E-state index contributed by atoms with van der Waals surface area (Å²) in [6.45, 7) is 2.48. The molecular weight excluding hydrogens is 362 g/mol. The lowest BCUT2D eigenvalue weighted by Gasteiger charge is -2.10. The lowest BCUT2D eigenvalue weighted by atomic mass is 10.2. The quantitative estimate of drug-likeness (QED) is 0.591. The fourth-order valence-corrected chi connectivity index (χ4v) is 5.50. The predicted octanol–water partition coefficient (Wildman–Crippen LogP) is 4.89. The third-order valence-corrected chi connectivity index (χ3v) is 7.43. The van der Waals surface area contributed by atoms with Gasteiger partial charge in [-0.05, 0) is 42.8 Å². The molecule has 0 amide bonds. The summed E-state index contributed by atoms with van der Waals surface area (Å²) in [7, 11) is -3.45. The number of hydrogen-bond acceptors (Lipinski definition) is 3. The van der Waals surface area contributed by atoms with E-state index in [4.69, 9.17) is 0 Å². The maximum absolute atomic E-state index is 12.9. The zero-order valence-electron chi connectivity index (χ0n) is 14.4. The monoisotopic (exact) mass is 381 g/mol. The van der Waals surface area contributed by atoms with Gasteiger partial charge in [-0.1, -0.05) is 65.9 Å². The van der Waals surface area contributed by atoms with Crippen molar-refractivity contribution < 1.29 is 8.42 Å². The molecule has 3 nitrogen and oxygen atoms in total. The van der Waals surface area contributed by atoms with Crippen LogP contribution in [0.1, 0.15) is 17.2 Å². The average molecular weight is 382 g/mol. The Bertz CT molecular complexity index is 1020. The minimum absolute atomic E-state index is 0.0892. The molecule has 0 aromatic heterocycles. The van der Waals surface area contributed by atoms with Crippen LogP contribution in [0.3, 0.4) is 0 Å². The van der Waals surface area contributed by atoms with Crippen molar-refractivity contribution in [2.24, 2.45) is 0 Å². The van der Waals surface area contributed by atoms with Gasteiger partial charge in [0.25, 0.3) is 0 Å². The fraction of sp³-hybridized carbons (Fsp3) is 0.143. The van der Waals surface area contributed by atoms with Gasteiger partial charge in [-0.15, -0.1) is 0 Å². The first-order chi connectivity index (χ1) is 12.6. The summed E-state index contributed by atoms with van der Waals surface area (Å²) in [6.07, 6.45) is 0. The molecule has 1 aliphatic rings. The summed E-state index contributed by atoms with van der Waals surface area (Å²) in [5.41, 5.74) is 2.12. The van der Waals surface area contributed by atoms with Crippen molar-refractivity contribution in [2.75, 3.05) is 6.54 Å². The zero-order valence-corrected chi connectivity index (χ0v) is 16.0. The number of nitrogens with zero attached hydrogens (tertiary/aromatic N) is 1. The standard InChI is InChI=1S/C21H19NO2S2/c1-16-11-13-18(14-12-16)26(23,24)22-15-20(22)19-9-5-6-10-21(19)25-17-7-3-2-4-8-17/h2-14,20H,15H2,1H3. The Balaban J connectivity index is 1.60. The average Bonchev–Trinajstić information content (AvgIpc) is 3.45. The van der Waals surface area contributed by atoms with Crippen molar-refractivity contribution in [2.45, 2.75) is 27.7 Å². The van der Waals surface area contributed by atoms with E-state index in [-0.39, 0.29) is 6.04 Å². The van der Waals surface area contributed by atoms with Crippen LogP contribution < -0.4 is 0 Å². The zero-order chi connectivity index (χ0) is 18.1. The Hall–Kier alpha value is -2.08. The molecule has 3 aromatic rings. The van der Waals surface area contributed by atoms with Crippen molar-refractivity contribution in [3.63, 3.8) is 0 Å². The van der Waals surface area contributed by atoms with Gasteiger partial charge in [0.2, 0.25) is 10.0 Å². The highest BCUT2D eigenvalue weighted by molar-refractivity contribution is 7.99. The van der Waals surface area contributed by atoms with E-state index in [1.165, 1.54) is 0 Å². The minimum Gasteiger partial charge on any atom is -0.207 e. The Morgan fingerprint density at radius 1 is 0.885 bits per heavy atom. The molecule has 0 bridgehead atoms. The molecule has 26 heavy (non-hydrogen) atoms. The molecule has 132 valence electrons. The van der Waals surface area contributed by atoms with Crippen LogP contribution in [0.2, 0.25) is 0 Å². The summed E-state index contributed by atoms with van der Waals surface area (Å²) in [5.74, 6) is 0. The molecule has 1 heterocycles. The van der Waals surface area contributed by atoms with Crippen LogP contribution in [0.4, 0.5) is 0 Å². The van der Waals surface area contributed by atoms with Crippen LogP contribution in [0.15, 0.2) is 93.5 Å². The van der Waals surface area contributed by atoms with Crippen molar-refractivity contribution in [3.05, 3.63) is 90.0 Å². The summed E-state index contributed by atoms with van der Waals surface area (Å²) < 4.78 is 27.3. The minimum atomic E-state index is -3.45. The van der Waals surface area contributed by atoms with E-state index in [2.05, 4.69) is 18.2 Å². The summed E-state index contributed by atoms with van der Waals surface area (Å²) in [5, 5.41) is 0. The maximum atomic E-state index is 12.9. The van der Waals surface area contributed by atoms with Gasteiger partial charge in [0.15, 0.2) is 0 Å². The topological polar surface area (TPSA) is 37.1 Å². The van der Waals surface area contributed by atoms with Crippen LogP contribution in [-0.4, -0.2) is 19.3 Å². The molecular formula is C21H19NO2S2. The first-order valence-corrected chi connectivity index (χ1v) is 10.7. The van der Waals surface area contributed by atoms with Gasteiger partial charge in [-0.25, -0.2) is 8.42 Å². The van der Waals surface area contributed by atoms with Gasteiger partial charge in [-0.3, -0.25) is 0 Å². The second-order valence-electron chi connectivity index (χ2n) is 6.36. The molecule has 3 aromatic carbocycles. The summed E-state index contributed by atoms with van der Waals surface area (Å²) in [4.78, 5) is 2.61. The van der Waals surface area contributed by atoms with Crippen LogP contribution in [0, 0.1) is 6.92 Å². The molecule has 2 unspecified atom stereocenters. The van der Waals surface area contributed by atoms with E-state index in [1.54, 1.807) is 28.2 Å². The van der Waals surface area contributed by atoms with Crippen LogP contribution >= 0.6 is 11.8 Å². The molecule has 0 saturated carbocycles. The molecule has 4 rings (SSSR count). The molecule has 0 N–H and O–H groups in total. The number of aryl methyl sites for hydroxylation is 1. The van der Waals surface area contributed by atoms with Gasteiger partial charge in [0.1, 0.15) is 0 Å². The van der Waals surface area contributed by atoms with E-state index in [0.29, 0.717) is 11.4 Å². The van der Waals surface area contributed by atoms with Crippen molar-refractivity contribution in [1.82, 2.24) is 4.31 Å². The molecule has 1 saturated heterocycles. The molecule has 0 radical (unpaired) electrons. The highest BCUT2D eigenvalue weighted by atomic mass is 32.2. The third-order valence-electron chi connectivity index (χ3n) is 4.44. The Kier molecular flexibility index (Phi) is 4.61. The van der Waals surface area contributed by atoms with E-state index < -0.39 is 10.0 Å². The van der Waals surface area contributed by atoms with Crippen molar-refractivity contribution in [1.29, 1.82) is 0 Å². The van der Waals surface area contributed by atoms with Gasteiger partial charge in [-0.2, -0.15) is 4.31 Å². The van der Waals surface area contributed by atoms with E-state index in [0.717, 1.165) is 20.9 Å². The largest absolute Gasteiger partial charge is 0.243 e. The maximum Gasteiger partial charge on any atom is 0.243 e. The molecule has 5 heteroatoms. The molecule has 0 aliphatic carbocycles. The lowest BCUT2D eigenvalue weighted by molar-refractivity contribution is 0.553. The fourth-order valence-electron chi connectivity index (χ4n) is 2.95. The van der Waals surface area contributed by atoms with Gasteiger partial charge in [0.05, 0.1) is 10.9 Å². The summed E-state index contributed by atoms with van der Waals surface area (Å²) in [6, 6.07) is 25.2. The Morgan fingerprint density at radius 3 is 2.27 bits per heavy atom. The predicted molar refractivity (Wildman–Crippen MR) is 105 cm³/mol. The van der Waals surface area contributed by atoms with E-state index >= 15 is 0 Å². The molecule has 0 spiro atoms. The smallest absolute Gasteiger partial charge is 0.207 e.